The van der Waals surface area contributed by atoms with Crippen molar-refractivity contribution in [1.82, 2.24) is 19.1 Å². The highest BCUT2D eigenvalue weighted by molar-refractivity contribution is 6.12. The van der Waals surface area contributed by atoms with E-state index in [-0.39, 0.29) is 0 Å². The summed E-state index contributed by atoms with van der Waals surface area (Å²) >= 11 is 0. The Hall–Kier alpha value is -7.04. The first kappa shape index (κ1) is 28.8. The van der Waals surface area contributed by atoms with Gasteiger partial charge in [0.2, 0.25) is 5.95 Å². The highest BCUT2D eigenvalue weighted by Gasteiger charge is 2.19. The monoisotopic (exact) mass is 662 g/mol. The Morgan fingerprint density at radius 3 is 1.79 bits per heavy atom. The van der Waals surface area contributed by atoms with Gasteiger partial charge in [-0.05, 0) is 70.4 Å². The maximum Gasteiger partial charge on any atom is 0.235 e. The number of fused-ring (bicyclic) bond motifs is 8. The molecule has 0 radical (unpaired) electrons. The summed E-state index contributed by atoms with van der Waals surface area (Å²) in [5.74, 6) is 0.659. The third-order valence-electron chi connectivity index (χ3n) is 10.5. The van der Waals surface area contributed by atoms with E-state index < -0.39 is 0 Å². The molecule has 0 fully saturated rings. The number of hydrogen-bond acceptors (Lipinski definition) is 2. The molecular weight excluding hydrogens is 633 g/mol. The van der Waals surface area contributed by atoms with Gasteiger partial charge in [-0.2, -0.15) is 0 Å². The van der Waals surface area contributed by atoms with Gasteiger partial charge in [0.25, 0.3) is 0 Å². The summed E-state index contributed by atoms with van der Waals surface area (Å²) in [5.41, 5.74) is 11.0. The maximum atomic E-state index is 5.42. The Morgan fingerprint density at radius 2 is 0.942 bits per heavy atom. The van der Waals surface area contributed by atoms with E-state index in [9.17, 15) is 0 Å². The number of para-hydroxylation sites is 4. The molecule has 4 nitrogen and oxygen atoms in total. The van der Waals surface area contributed by atoms with Gasteiger partial charge in [-0.15, -0.1) is 0 Å². The van der Waals surface area contributed by atoms with Gasteiger partial charge in [0, 0.05) is 38.2 Å². The lowest BCUT2D eigenvalue weighted by atomic mass is 9.99. The van der Waals surface area contributed by atoms with Gasteiger partial charge in [0.1, 0.15) is 0 Å². The molecule has 8 aromatic carbocycles. The van der Waals surface area contributed by atoms with Crippen LogP contribution in [0.4, 0.5) is 0 Å². The molecule has 0 atom stereocenters. The molecule has 0 saturated carbocycles. The van der Waals surface area contributed by atoms with Gasteiger partial charge in [-0.3, -0.25) is 4.57 Å². The van der Waals surface area contributed by atoms with E-state index in [0.717, 1.165) is 50.0 Å². The van der Waals surface area contributed by atoms with Crippen molar-refractivity contribution in [2.75, 3.05) is 0 Å². The number of benzene rings is 8. The van der Waals surface area contributed by atoms with Crippen LogP contribution in [-0.4, -0.2) is 19.1 Å². The van der Waals surface area contributed by atoms with Gasteiger partial charge in [-0.25, -0.2) is 9.97 Å². The molecule has 0 saturated heterocycles. The minimum atomic E-state index is 0.659. The lowest BCUT2D eigenvalue weighted by Crippen LogP contribution is -2.03. The van der Waals surface area contributed by atoms with E-state index in [1.165, 1.54) is 43.4 Å². The Labute approximate surface area is 299 Å². The van der Waals surface area contributed by atoms with Crippen LogP contribution in [0.2, 0.25) is 0 Å². The van der Waals surface area contributed by atoms with E-state index in [1.807, 2.05) is 0 Å². The van der Waals surface area contributed by atoms with E-state index >= 15 is 0 Å². The molecule has 242 valence electrons. The topological polar surface area (TPSA) is 35.6 Å². The predicted octanol–water partition coefficient (Wildman–Crippen LogP) is 12.3. The molecule has 0 unspecified atom stereocenters. The normalized spacial score (nSPS) is 11.8. The predicted molar refractivity (Wildman–Crippen MR) is 217 cm³/mol. The zero-order valence-corrected chi connectivity index (χ0v) is 28.1. The summed E-state index contributed by atoms with van der Waals surface area (Å²) in [6.07, 6.45) is 0. The number of hydrogen-bond donors (Lipinski definition) is 0. The van der Waals surface area contributed by atoms with Crippen LogP contribution in [0.3, 0.4) is 0 Å². The quantitative estimate of drug-likeness (QED) is 0.188. The van der Waals surface area contributed by atoms with Gasteiger partial charge >= 0.3 is 0 Å². The summed E-state index contributed by atoms with van der Waals surface area (Å²) in [5, 5.41) is 8.22. The Kier molecular flexibility index (Phi) is 6.22. The molecule has 0 aliphatic heterocycles. The molecule has 0 aliphatic rings. The SMILES string of the molecule is c1ccc(-n2c3ccccc3c3cc(-c4ccc5c6ccccc6n(-c6nc(-c7cccc8ccccc78)c7ccccc7n6)c5c4)ccc32)cc1. The fourth-order valence-corrected chi connectivity index (χ4v) is 8.17. The second-order valence-corrected chi connectivity index (χ2v) is 13.4. The van der Waals surface area contributed by atoms with Crippen LogP contribution >= 0.6 is 0 Å². The first-order chi connectivity index (χ1) is 25.8. The third-order valence-corrected chi connectivity index (χ3v) is 10.5. The highest BCUT2D eigenvalue weighted by Crippen LogP contribution is 2.39. The van der Waals surface area contributed by atoms with Crippen molar-refractivity contribution in [2.24, 2.45) is 0 Å². The molecule has 0 N–H and O–H groups in total. The Balaban J connectivity index is 1.16. The molecule has 3 aromatic heterocycles. The minimum Gasteiger partial charge on any atom is -0.309 e. The Bertz CT molecular complexity index is 3180. The average molecular weight is 663 g/mol. The van der Waals surface area contributed by atoms with Crippen molar-refractivity contribution >= 4 is 65.3 Å². The maximum absolute atomic E-state index is 5.42. The van der Waals surface area contributed by atoms with Crippen molar-refractivity contribution in [3.05, 3.63) is 182 Å². The minimum absolute atomic E-state index is 0.659. The Morgan fingerprint density at radius 1 is 0.346 bits per heavy atom. The first-order valence-electron chi connectivity index (χ1n) is 17.7. The standard InChI is InChI=1S/C48H30N4/c1-2-15-34(16-3-1)51-43-23-10-8-19-37(43)41-29-32(26-28-45(41)51)33-25-27-38-36-18-7-11-24-44(36)52(46(38)30-33)48-49-42-22-9-6-20-40(42)47(50-48)39-21-12-14-31-13-4-5-17-35(31)39/h1-30H. The molecule has 11 aromatic rings. The first-order valence-corrected chi connectivity index (χ1v) is 17.7. The van der Waals surface area contributed by atoms with Crippen molar-refractivity contribution in [1.29, 1.82) is 0 Å². The molecule has 52 heavy (non-hydrogen) atoms. The zero-order valence-electron chi connectivity index (χ0n) is 28.1. The molecule has 0 spiro atoms. The lowest BCUT2D eigenvalue weighted by Gasteiger charge is -2.13. The molecule has 0 bridgehead atoms. The third kappa shape index (κ3) is 4.28. The molecule has 0 amide bonds. The number of aromatic nitrogens is 4. The fourth-order valence-electron chi connectivity index (χ4n) is 8.17. The van der Waals surface area contributed by atoms with Crippen molar-refractivity contribution in [3.63, 3.8) is 0 Å². The molecule has 4 heteroatoms. The van der Waals surface area contributed by atoms with E-state index in [1.54, 1.807) is 0 Å². The second-order valence-electron chi connectivity index (χ2n) is 13.4. The summed E-state index contributed by atoms with van der Waals surface area (Å²) in [6.45, 7) is 0. The van der Waals surface area contributed by atoms with Gasteiger partial charge in [0.05, 0.1) is 33.3 Å². The fraction of sp³-hybridized carbons (Fsp3) is 0. The van der Waals surface area contributed by atoms with Crippen LogP contribution in [0.5, 0.6) is 0 Å². The van der Waals surface area contributed by atoms with Crippen LogP contribution in [-0.2, 0) is 0 Å². The van der Waals surface area contributed by atoms with Gasteiger partial charge in [-0.1, -0.05) is 133 Å². The second kappa shape index (κ2) is 11.2. The zero-order chi connectivity index (χ0) is 34.2. The lowest BCUT2D eigenvalue weighted by molar-refractivity contribution is 1.01. The smallest absolute Gasteiger partial charge is 0.235 e. The highest BCUT2D eigenvalue weighted by atomic mass is 15.2. The van der Waals surface area contributed by atoms with Crippen molar-refractivity contribution in [3.8, 4) is 34.0 Å². The molecule has 3 heterocycles. The largest absolute Gasteiger partial charge is 0.309 e. The van der Waals surface area contributed by atoms with E-state index in [4.69, 9.17) is 9.97 Å². The van der Waals surface area contributed by atoms with Crippen LogP contribution in [0.1, 0.15) is 0 Å². The molecule has 11 rings (SSSR count). The van der Waals surface area contributed by atoms with Crippen LogP contribution in [0, 0.1) is 0 Å². The molecular formula is C48H30N4. The van der Waals surface area contributed by atoms with Crippen LogP contribution in [0.15, 0.2) is 182 Å². The summed E-state index contributed by atoms with van der Waals surface area (Å²) in [4.78, 5) is 10.7. The van der Waals surface area contributed by atoms with E-state index in [2.05, 4.69) is 191 Å². The molecule has 0 aliphatic carbocycles. The van der Waals surface area contributed by atoms with Crippen LogP contribution in [0.25, 0.3) is 99.3 Å². The van der Waals surface area contributed by atoms with Crippen LogP contribution < -0.4 is 0 Å². The number of nitrogens with zero attached hydrogens (tertiary/aromatic N) is 4. The number of rotatable bonds is 4. The average Bonchev–Trinajstić information content (AvgIpc) is 3.73. The summed E-state index contributed by atoms with van der Waals surface area (Å²) in [6, 6.07) is 64.9. The van der Waals surface area contributed by atoms with Gasteiger partial charge < -0.3 is 4.57 Å². The van der Waals surface area contributed by atoms with Crippen molar-refractivity contribution in [2.45, 2.75) is 0 Å². The van der Waals surface area contributed by atoms with E-state index in [0.29, 0.717) is 5.95 Å². The summed E-state index contributed by atoms with van der Waals surface area (Å²) < 4.78 is 4.61. The summed E-state index contributed by atoms with van der Waals surface area (Å²) in [7, 11) is 0. The van der Waals surface area contributed by atoms with Crippen molar-refractivity contribution < 1.29 is 0 Å². The van der Waals surface area contributed by atoms with Gasteiger partial charge in [0.15, 0.2) is 0 Å².